The van der Waals surface area contributed by atoms with Crippen LogP contribution in [0.1, 0.15) is 26.4 Å². The third-order valence-electron chi connectivity index (χ3n) is 6.24. The van der Waals surface area contributed by atoms with Crippen molar-refractivity contribution in [2.75, 3.05) is 11.1 Å². The van der Waals surface area contributed by atoms with E-state index in [0.717, 1.165) is 11.1 Å². The van der Waals surface area contributed by atoms with Crippen LogP contribution in [0.5, 0.6) is 5.75 Å². The van der Waals surface area contributed by atoms with Gasteiger partial charge in [0.05, 0.1) is 11.4 Å². The minimum Gasteiger partial charge on any atom is -0.508 e. The number of rotatable bonds is 6. The lowest BCUT2D eigenvalue weighted by Crippen LogP contribution is -2.23. The van der Waals surface area contributed by atoms with Crippen LogP contribution >= 0.6 is 0 Å². The molecule has 0 atom stereocenters. The third kappa shape index (κ3) is 4.85. The Morgan fingerprint density at radius 3 is 2.47 bits per heavy atom. The quantitative estimate of drug-likeness (QED) is 0.221. The number of aromatic amines is 1. The van der Waals surface area contributed by atoms with Gasteiger partial charge in [-0.3, -0.25) is 14.4 Å². The van der Waals surface area contributed by atoms with Crippen LogP contribution in [-0.2, 0) is 13.6 Å². The second kappa shape index (κ2) is 9.98. The van der Waals surface area contributed by atoms with Crippen molar-refractivity contribution in [3.05, 3.63) is 112 Å². The van der Waals surface area contributed by atoms with E-state index in [4.69, 9.17) is 5.73 Å². The molecule has 5 aromatic rings. The van der Waals surface area contributed by atoms with Crippen molar-refractivity contribution in [1.82, 2.24) is 14.9 Å². The first-order chi connectivity index (χ1) is 18.3. The Labute approximate surface area is 217 Å². The maximum absolute atomic E-state index is 12.9. The third-order valence-corrected chi connectivity index (χ3v) is 6.24. The molecule has 0 bridgehead atoms. The highest BCUT2D eigenvalue weighted by molar-refractivity contribution is 6.06. The number of H-pyrrole nitrogens is 1. The minimum absolute atomic E-state index is 0.103. The van der Waals surface area contributed by atoms with Gasteiger partial charge in [0.25, 0.3) is 17.4 Å². The summed E-state index contributed by atoms with van der Waals surface area (Å²) in [4.78, 5) is 41.1. The Hall–Kier alpha value is -5.31. The van der Waals surface area contributed by atoms with Crippen molar-refractivity contribution >= 4 is 34.1 Å². The first kappa shape index (κ1) is 24.4. The van der Waals surface area contributed by atoms with Gasteiger partial charge in [0.1, 0.15) is 17.0 Å². The summed E-state index contributed by atoms with van der Waals surface area (Å²) in [6, 6.07) is 22.2. The number of aromatic hydroxyl groups is 1. The number of amides is 2. The van der Waals surface area contributed by atoms with Gasteiger partial charge < -0.3 is 31.0 Å². The topological polar surface area (TPSA) is 142 Å². The second-order valence-electron chi connectivity index (χ2n) is 8.90. The molecule has 0 radical (unpaired) electrons. The van der Waals surface area contributed by atoms with Crippen LogP contribution in [0.4, 0.5) is 11.4 Å². The number of phenols is 1. The summed E-state index contributed by atoms with van der Waals surface area (Å²) in [5.74, 6) is -0.571. The smallest absolute Gasteiger partial charge is 0.274 e. The molecule has 0 saturated heterocycles. The van der Waals surface area contributed by atoms with E-state index < -0.39 is 0 Å². The van der Waals surface area contributed by atoms with E-state index in [9.17, 15) is 19.5 Å². The standard InChI is InChI=1S/C29H25N5O4/c1-34-16-22(19-5-4-6-20(35)13-19)21-14-25(32-26(21)29(34)38)28(37)31-15-17-9-11-18(12-10-17)27(36)33-24-8-3-2-7-23(24)30/h2-14,16,32,35H,15,30H2,1H3,(H,31,37)(H,33,36). The number of fused-ring (bicyclic) bond motifs is 1. The Kier molecular flexibility index (Phi) is 6.40. The van der Waals surface area contributed by atoms with Crippen molar-refractivity contribution in [2.45, 2.75) is 6.54 Å². The summed E-state index contributed by atoms with van der Waals surface area (Å²) >= 11 is 0. The minimum atomic E-state index is -0.383. The Morgan fingerprint density at radius 1 is 0.974 bits per heavy atom. The molecule has 0 aliphatic carbocycles. The van der Waals surface area contributed by atoms with Crippen LogP contribution in [0.15, 0.2) is 89.9 Å². The monoisotopic (exact) mass is 507 g/mol. The highest BCUT2D eigenvalue weighted by atomic mass is 16.3. The molecule has 0 aliphatic heterocycles. The zero-order valence-electron chi connectivity index (χ0n) is 20.5. The molecular weight excluding hydrogens is 482 g/mol. The summed E-state index contributed by atoms with van der Waals surface area (Å²) in [5.41, 5.74) is 9.84. The Bertz CT molecular complexity index is 1730. The van der Waals surface area contributed by atoms with Crippen molar-refractivity contribution in [3.8, 4) is 16.9 Å². The van der Waals surface area contributed by atoms with Crippen molar-refractivity contribution in [1.29, 1.82) is 0 Å². The zero-order chi connectivity index (χ0) is 26.8. The predicted octanol–water partition coefficient (Wildman–Crippen LogP) is 4.00. The summed E-state index contributed by atoms with van der Waals surface area (Å²) in [7, 11) is 1.63. The van der Waals surface area contributed by atoms with Crippen LogP contribution in [0.3, 0.4) is 0 Å². The molecule has 6 N–H and O–H groups in total. The van der Waals surface area contributed by atoms with Gasteiger partial charge in [0, 0.05) is 36.3 Å². The van der Waals surface area contributed by atoms with E-state index in [-0.39, 0.29) is 35.4 Å². The number of carbonyl (C=O) groups is 2. The van der Waals surface area contributed by atoms with Gasteiger partial charge in [-0.25, -0.2) is 0 Å². The fourth-order valence-corrected chi connectivity index (χ4v) is 4.22. The molecule has 0 aliphatic rings. The number of hydrogen-bond acceptors (Lipinski definition) is 5. The van der Waals surface area contributed by atoms with E-state index in [0.29, 0.717) is 33.4 Å². The van der Waals surface area contributed by atoms with Crippen LogP contribution in [0, 0.1) is 0 Å². The van der Waals surface area contributed by atoms with Gasteiger partial charge >= 0.3 is 0 Å². The van der Waals surface area contributed by atoms with Crippen LogP contribution in [0.25, 0.3) is 22.0 Å². The Balaban J connectivity index is 1.31. The van der Waals surface area contributed by atoms with Gasteiger partial charge in [0.2, 0.25) is 0 Å². The number of aromatic nitrogens is 2. The highest BCUT2D eigenvalue weighted by Gasteiger charge is 2.16. The van der Waals surface area contributed by atoms with Crippen LogP contribution < -0.4 is 21.9 Å². The van der Waals surface area contributed by atoms with Crippen LogP contribution in [-0.4, -0.2) is 26.5 Å². The average Bonchev–Trinajstić information content (AvgIpc) is 3.37. The van der Waals surface area contributed by atoms with Crippen LogP contribution in [0.2, 0.25) is 0 Å². The number of nitrogens with two attached hydrogens (primary N) is 1. The number of nitrogens with zero attached hydrogens (tertiary/aromatic N) is 1. The number of aryl methyl sites for hydroxylation is 1. The van der Waals surface area contributed by atoms with E-state index in [1.165, 1.54) is 4.57 Å². The molecule has 3 aromatic carbocycles. The van der Waals surface area contributed by atoms with Gasteiger partial charge in [-0.15, -0.1) is 0 Å². The SMILES string of the molecule is Cn1cc(-c2cccc(O)c2)c2cc(C(=O)NCc3ccc(C(=O)Nc4ccccc4N)cc3)[nH]c2c1=O. The number of pyridine rings is 1. The lowest BCUT2D eigenvalue weighted by Gasteiger charge is -2.09. The number of benzene rings is 3. The van der Waals surface area contributed by atoms with Crippen molar-refractivity contribution in [3.63, 3.8) is 0 Å². The number of carbonyl (C=O) groups excluding carboxylic acids is 2. The summed E-state index contributed by atoms with van der Waals surface area (Å²) in [5, 5.41) is 16.1. The lowest BCUT2D eigenvalue weighted by molar-refractivity contribution is 0.0945. The fraction of sp³-hybridized carbons (Fsp3) is 0.0690. The molecule has 0 spiro atoms. The van der Waals surface area contributed by atoms with E-state index in [1.807, 2.05) is 6.07 Å². The van der Waals surface area contributed by atoms with Gasteiger partial charge in [-0.05, 0) is 53.6 Å². The second-order valence-corrected chi connectivity index (χ2v) is 8.90. The maximum atomic E-state index is 12.9. The molecular formula is C29H25N5O4. The molecule has 2 heterocycles. The van der Waals surface area contributed by atoms with E-state index in [2.05, 4.69) is 15.6 Å². The fourth-order valence-electron chi connectivity index (χ4n) is 4.22. The van der Waals surface area contributed by atoms with Gasteiger partial charge in [0.15, 0.2) is 0 Å². The summed E-state index contributed by atoms with van der Waals surface area (Å²) in [6.45, 7) is 0.221. The first-order valence-electron chi connectivity index (χ1n) is 11.8. The van der Waals surface area contributed by atoms with Gasteiger partial charge in [-0.2, -0.15) is 0 Å². The molecule has 0 fully saturated rings. The summed E-state index contributed by atoms with van der Waals surface area (Å²) in [6.07, 6.45) is 1.68. The number of para-hydroxylation sites is 2. The average molecular weight is 508 g/mol. The molecule has 0 saturated carbocycles. The number of phenolic OH excluding ortho intramolecular Hbond substituents is 1. The Morgan fingerprint density at radius 2 is 1.74 bits per heavy atom. The lowest BCUT2D eigenvalue weighted by atomic mass is 10.0. The number of hydrogen-bond donors (Lipinski definition) is 5. The number of anilines is 2. The molecule has 9 nitrogen and oxygen atoms in total. The van der Waals surface area contributed by atoms with Crippen molar-refractivity contribution in [2.24, 2.45) is 7.05 Å². The number of nitrogens with one attached hydrogen (secondary N) is 3. The van der Waals surface area contributed by atoms with Crippen molar-refractivity contribution < 1.29 is 14.7 Å². The largest absolute Gasteiger partial charge is 0.508 e. The zero-order valence-corrected chi connectivity index (χ0v) is 20.5. The molecule has 5 rings (SSSR count). The molecule has 2 aromatic heterocycles. The molecule has 38 heavy (non-hydrogen) atoms. The highest BCUT2D eigenvalue weighted by Crippen LogP contribution is 2.29. The van der Waals surface area contributed by atoms with E-state index in [1.54, 1.807) is 86.0 Å². The number of nitrogen functional groups attached to an aromatic ring is 1. The first-order valence-corrected chi connectivity index (χ1v) is 11.8. The molecule has 190 valence electrons. The summed E-state index contributed by atoms with van der Waals surface area (Å²) < 4.78 is 1.43. The predicted molar refractivity (Wildman–Crippen MR) is 147 cm³/mol. The maximum Gasteiger partial charge on any atom is 0.274 e. The van der Waals surface area contributed by atoms with Gasteiger partial charge in [-0.1, -0.05) is 36.4 Å². The van der Waals surface area contributed by atoms with E-state index >= 15 is 0 Å². The molecule has 9 heteroatoms. The molecule has 2 amide bonds. The normalized spacial score (nSPS) is 10.9. The molecule has 0 unspecified atom stereocenters.